The molecule has 1 unspecified atom stereocenters. The van der Waals surface area contributed by atoms with Crippen molar-refractivity contribution in [1.29, 1.82) is 5.41 Å². The van der Waals surface area contributed by atoms with E-state index in [0.29, 0.717) is 0 Å². The number of hydrogen-bond donors (Lipinski definition) is 2. The van der Waals surface area contributed by atoms with Crippen molar-refractivity contribution in [3.05, 3.63) is 0 Å². The average molecular weight is 231 g/mol. The molecule has 13 heavy (non-hydrogen) atoms. The van der Waals surface area contributed by atoms with Gasteiger partial charge in [-0.05, 0) is 13.8 Å². The third-order valence-electron chi connectivity index (χ3n) is 1.82. The monoisotopic (exact) mass is 230 g/mol. The maximum absolute atomic E-state index is 12.9. The summed E-state index contributed by atoms with van der Waals surface area (Å²) in [4.78, 5) is 0. The van der Waals surface area contributed by atoms with E-state index in [1.165, 1.54) is 13.8 Å². The molecule has 4 nitrogen and oxygen atoms in total. The number of rotatable bonds is 4. The van der Waals surface area contributed by atoms with Gasteiger partial charge in [-0.2, -0.15) is 0 Å². The number of amidine groups is 1. The maximum atomic E-state index is 12.9. The summed E-state index contributed by atoms with van der Waals surface area (Å²) in [6, 6.07) is 0. The Hall–Kier alpha value is -0.360. The van der Waals surface area contributed by atoms with Crippen molar-refractivity contribution < 1.29 is 12.8 Å². The summed E-state index contributed by atoms with van der Waals surface area (Å²) in [5.41, 5.74) is 2.86. The largest absolute Gasteiger partial charge is 0.386 e. The molecule has 0 aromatic heterocycles. The molecular formula is C6H12ClFN2O2S. The van der Waals surface area contributed by atoms with Crippen molar-refractivity contribution in [2.45, 2.75) is 24.1 Å². The second-order valence-electron chi connectivity index (χ2n) is 3.03. The molecule has 0 aliphatic rings. The van der Waals surface area contributed by atoms with E-state index in [4.69, 9.17) is 22.7 Å². The Kier molecular flexibility index (Phi) is 3.69. The zero-order valence-electron chi connectivity index (χ0n) is 7.34. The molecule has 78 valence electrons. The molecule has 0 rings (SSSR count). The van der Waals surface area contributed by atoms with E-state index >= 15 is 0 Å². The Morgan fingerprint density at radius 2 is 2.08 bits per heavy atom. The second-order valence-corrected chi connectivity index (χ2v) is 5.96. The Labute approximate surface area is 81.7 Å². The lowest BCUT2D eigenvalue weighted by atomic mass is 10.2. The van der Waals surface area contributed by atoms with Crippen LogP contribution in [0.2, 0.25) is 0 Å². The van der Waals surface area contributed by atoms with Gasteiger partial charge >= 0.3 is 0 Å². The lowest BCUT2D eigenvalue weighted by Crippen LogP contribution is -2.48. The fourth-order valence-electron chi connectivity index (χ4n) is 0.556. The Balaban J connectivity index is 5.17. The smallest absolute Gasteiger partial charge is 0.215 e. The predicted molar refractivity (Wildman–Crippen MR) is 50.5 cm³/mol. The van der Waals surface area contributed by atoms with Crippen LogP contribution in [-0.2, 0) is 9.84 Å². The Bertz CT molecular complexity index is 302. The molecule has 0 saturated heterocycles. The highest BCUT2D eigenvalue weighted by molar-refractivity contribution is 7.94. The quantitative estimate of drug-likeness (QED) is 0.423. The molecule has 3 N–H and O–H groups in total. The lowest BCUT2D eigenvalue weighted by Gasteiger charge is -2.24. The van der Waals surface area contributed by atoms with Gasteiger partial charge in [0.2, 0.25) is 5.50 Å². The molecule has 0 bridgehead atoms. The van der Waals surface area contributed by atoms with Gasteiger partial charge in [-0.1, -0.05) is 0 Å². The summed E-state index contributed by atoms with van der Waals surface area (Å²) >= 11 is 5.08. The summed E-state index contributed by atoms with van der Waals surface area (Å²) < 4.78 is 33.9. The molecule has 0 aliphatic carbocycles. The van der Waals surface area contributed by atoms with Crippen LogP contribution >= 0.6 is 11.6 Å². The summed E-state index contributed by atoms with van der Waals surface area (Å²) in [7, 11) is -4.14. The van der Waals surface area contributed by atoms with Crippen LogP contribution in [0.15, 0.2) is 0 Å². The van der Waals surface area contributed by atoms with E-state index < -0.39 is 31.8 Å². The summed E-state index contributed by atoms with van der Waals surface area (Å²) in [6.07, 6.45) is 0. The van der Waals surface area contributed by atoms with E-state index in [2.05, 4.69) is 0 Å². The standard InChI is InChI=1S/C6H12ClFN2O2S/c1-6(2,5(9)10)13(11,12)4(8)3-7/h4H,3H2,1-2H3,(H3,9,10). The van der Waals surface area contributed by atoms with Crippen LogP contribution < -0.4 is 5.73 Å². The van der Waals surface area contributed by atoms with E-state index in [1.807, 2.05) is 0 Å². The Morgan fingerprint density at radius 1 is 1.69 bits per heavy atom. The summed E-state index contributed by atoms with van der Waals surface area (Å²) in [5, 5.41) is 7.01. The normalized spacial score (nSPS) is 15.4. The molecule has 0 aliphatic heterocycles. The number of nitrogens with two attached hydrogens (primary N) is 1. The van der Waals surface area contributed by atoms with Crippen LogP contribution in [0.4, 0.5) is 4.39 Å². The van der Waals surface area contributed by atoms with Crippen molar-refractivity contribution in [3.63, 3.8) is 0 Å². The first-order chi connectivity index (χ1) is 5.67. The van der Waals surface area contributed by atoms with E-state index in [-0.39, 0.29) is 0 Å². The molecule has 0 heterocycles. The maximum Gasteiger partial charge on any atom is 0.215 e. The van der Waals surface area contributed by atoms with Crippen molar-refractivity contribution >= 4 is 27.3 Å². The van der Waals surface area contributed by atoms with Crippen LogP contribution in [-0.4, -0.2) is 30.4 Å². The molecule has 0 saturated carbocycles. The fraction of sp³-hybridized carbons (Fsp3) is 0.833. The van der Waals surface area contributed by atoms with Crippen molar-refractivity contribution in [2.24, 2.45) is 5.73 Å². The third kappa shape index (κ3) is 2.11. The third-order valence-corrected chi connectivity index (χ3v) is 4.75. The molecule has 0 radical (unpaired) electrons. The minimum atomic E-state index is -4.14. The van der Waals surface area contributed by atoms with Gasteiger partial charge < -0.3 is 5.73 Å². The van der Waals surface area contributed by atoms with Gasteiger partial charge in [-0.25, -0.2) is 12.8 Å². The van der Waals surface area contributed by atoms with Crippen molar-refractivity contribution in [2.75, 3.05) is 5.88 Å². The Morgan fingerprint density at radius 3 is 2.31 bits per heavy atom. The number of hydrogen-bond acceptors (Lipinski definition) is 3. The lowest BCUT2D eigenvalue weighted by molar-refractivity contribution is 0.438. The minimum Gasteiger partial charge on any atom is -0.386 e. The number of alkyl halides is 2. The SMILES string of the molecule is CC(C)(C(=N)N)S(=O)(=O)C(F)CCl. The van der Waals surface area contributed by atoms with Crippen LogP contribution in [0.1, 0.15) is 13.8 Å². The highest BCUT2D eigenvalue weighted by atomic mass is 35.5. The molecular weight excluding hydrogens is 219 g/mol. The predicted octanol–water partition coefficient (Wildman–Crippen LogP) is 0.650. The van der Waals surface area contributed by atoms with Gasteiger partial charge in [0, 0.05) is 0 Å². The topological polar surface area (TPSA) is 84.0 Å². The van der Waals surface area contributed by atoms with Gasteiger partial charge in [-0.15, -0.1) is 11.6 Å². The zero-order chi connectivity index (χ0) is 10.9. The van der Waals surface area contributed by atoms with Crippen LogP contribution in [0.5, 0.6) is 0 Å². The first-order valence-corrected chi connectivity index (χ1v) is 5.54. The van der Waals surface area contributed by atoms with Crippen LogP contribution in [0, 0.1) is 5.41 Å². The molecule has 1 atom stereocenters. The highest BCUT2D eigenvalue weighted by Gasteiger charge is 2.43. The van der Waals surface area contributed by atoms with Gasteiger partial charge in [-0.3, -0.25) is 5.41 Å². The zero-order valence-corrected chi connectivity index (χ0v) is 8.91. The van der Waals surface area contributed by atoms with Crippen molar-refractivity contribution in [1.82, 2.24) is 0 Å². The molecule has 0 amide bonds. The molecule has 0 spiro atoms. The molecule has 0 fully saturated rings. The van der Waals surface area contributed by atoms with Gasteiger partial charge in [0.05, 0.1) is 5.88 Å². The second kappa shape index (κ2) is 3.79. The minimum absolute atomic E-state index is 0.597. The fourth-order valence-corrected chi connectivity index (χ4v) is 2.17. The number of halogens is 2. The van der Waals surface area contributed by atoms with Gasteiger partial charge in [0.15, 0.2) is 9.84 Å². The van der Waals surface area contributed by atoms with Crippen molar-refractivity contribution in [3.8, 4) is 0 Å². The molecule has 0 aromatic rings. The average Bonchev–Trinajstić information content (AvgIpc) is 2.02. The first kappa shape index (κ1) is 12.6. The van der Waals surface area contributed by atoms with Gasteiger partial charge in [0.1, 0.15) is 10.6 Å². The van der Waals surface area contributed by atoms with E-state index in [1.54, 1.807) is 0 Å². The molecule has 7 heteroatoms. The summed E-state index contributed by atoms with van der Waals surface area (Å²) in [5.74, 6) is -1.25. The number of nitrogens with one attached hydrogen (secondary N) is 1. The van der Waals surface area contributed by atoms with E-state index in [0.717, 1.165) is 0 Å². The summed E-state index contributed by atoms with van der Waals surface area (Å²) in [6.45, 7) is 2.34. The van der Waals surface area contributed by atoms with E-state index in [9.17, 15) is 12.8 Å². The van der Waals surface area contributed by atoms with Crippen LogP contribution in [0.3, 0.4) is 0 Å². The number of sulfone groups is 1. The highest BCUT2D eigenvalue weighted by Crippen LogP contribution is 2.22. The van der Waals surface area contributed by atoms with Gasteiger partial charge in [0.25, 0.3) is 0 Å². The first-order valence-electron chi connectivity index (χ1n) is 3.46. The van der Waals surface area contributed by atoms with Crippen LogP contribution in [0.25, 0.3) is 0 Å². The molecule has 0 aromatic carbocycles.